The third-order valence-corrected chi connectivity index (χ3v) is 2.94. The fraction of sp³-hybridized carbons (Fsp3) is 0.818. The maximum absolute atomic E-state index is 5.76. The highest BCUT2D eigenvalue weighted by molar-refractivity contribution is 5.00. The monoisotopic (exact) mass is 225 g/mol. The standard InChI is InChI=1S/C11H19N3O2/c1-3-12-8-9-13-10(14-16-9)11(2)6-4-5-7-15-11/h12H,3-8H2,1-2H3. The zero-order chi connectivity index (χ0) is 11.4. The number of aromatic nitrogens is 2. The number of hydrogen-bond acceptors (Lipinski definition) is 5. The molecule has 0 aliphatic carbocycles. The van der Waals surface area contributed by atoms with Crippen LogP contribution in [0.3, 0.4) is 0 Å². The Kier molecular flexibility index (Phi) is 3.56. The van der Waals surface area contributed by atoms with Crippen molar-refractivity contribution in [2.75, 3.05) is 13.2 Å². The average Bonchev–Trinajstić information content (AvgIpc) is 2.77. The van der Waals surface area contributed by atoms with E-state index in [9.17, 15) is 0 Å². The first-order valence-corrected chi connectivity index (χ1v) is 5.92. The summed E-state index contributed by atoms with van der Waals surface area (Å²) in [5, 5.41) is 7.17. The van der Waals surface area contributed by atoms with E-state index in [0.29, 0.717) is 18.3 Å². The predicted octanol–water partition coefficient (Wildman–Crippen LogP) is 1.59. The molecule has 0 aromatic carbocycles. The van der Waals surface area contributed by atoms with Gasteiger partial charge in [0.1, 0.15) is 5.60 Å². The van der Waals surface area contributed by atoms with E-state index in [1.807, 2.05) is 13.8 Å². The van der Waals surface area contributed by atoms with Crippen LogP contribution >= 0.6 is 0 Å². The van der Waals surface area contributed by atoms with Crippen molar-refractivity contribution in [3.8, 4) is 0 Å². The molecular formula is C11H19N3O2. The fourth-order valence-electron chi connectivity index (χ4n) is 1.88. The van der Waals surface area contributed by atoms with Crippen LogP contribution in [0.2, 0.25) is 0 Å². The second-order valence-corrected chi connectivity index (χ2v) is 4.33. The molecule has 0 radical (unpaired) electrons. The van der Waals surface area contributed by atoms with Crippen molar-refractivity contribution in [3.63, 3.8) is 0 Å². The largest absolute Gasteiger partial charge is 0.367 e. The molecule has 5 heteroatoms. The SMILES string of the molecule is CCNCc1nc(C2(C)CCCCO2)no1. The summed E-state index contributed by atoms with van der Waals surface area (Å²) in [6, 6.07) is 0. The first-order chi connectivity index (χ1) is 7.74. The van der Waals surface area contributed by atoms with Gasteiger partial charge in [0.15, 0.2) is 0 Å². The highest BCUT2D eigenvalue weighted by Crippen LogP contribution is 2.32. The van der Waals surface area contributed by atoms with Crippen molar-refractivity contribution in [1.82, 2.24) is 15.5 Å². The van der Waals surface area contributed by atoms with Crippen molar-refractivity contribution in [3.05, 3.63) is 11.7 Å². The van der Waals surface area contributed by atoms with Crippen LogP contribution in [-0.2, 0) is 16.9 Å². The van der Waals surface area contributed by atoms with E-state index in [-0.39, 0.29) is 5.60 Å². The molecular weight excluding hydrogens is 206 g/mol. The molecule has 1 saturated heterocycles. The maximum atomic E-state index is 5.76. The third kappa shape index (κ3) is 2.41. The average molecular weight is 225 g/mol. The summed E-state index contributed by atoms with van der Waals surface area (Å²) in [5.41, 5.74) is -0.355. The van der Waals surface area contributed by atoms with E-state index in [4.69, 9.17) is 9.26 Å². The minimum atomic E-state index is -0.355. The van der Waals surface area contributed by atoms with E-state index in [1.165, 1.54) is 0 Å². The summed E-state index contributed by atoms with van der Waals surface area (Å²) in [5.74, 6) is 1.31. The lowest BCUT2D eigenvalue weighted by Crippen LogP contribution is -2.31. The summed E-state index contributed by atoms with van der Waals surface area (Å²) in [7, 11) is 0. The molecule has 1 fully saturated rings. The summed E-state index contributed by atoms with van der Waals surface area (Å²) in [6.45, 7) is 6.38. The molecule has 1 unspecified atom stereocenters. The summed E-state index contributed by atoms with van der Waals surface area (Å²) in [4.78, 5) is 4.38. The Morgan fingerprint density at radius 3 is 3.00 bits per heavy atom. The number of hydrogen-bond donors (Lipinski definition) is 1. The zero-order valence-corrected chi connectivity index (χ0v) is 9.95. The molecule has 1 aliphatic heterocycles. The van der Waals surface area contributed by atoms with Gasteiger partial charge < -0.3 is 14.6 Å². The summed E-state index contributed by atoms with van der Waals surface area (Å²) in [6.07, 6.45) is 3.25. The number of ether oxygens (including phenoxy) is 1. The van der Waals surface area contributed by atoms with Gasteiger partial charge in [0.2, 0.25) is 11.7 Å². The normalized spacial score (nSPS) is 25.9. The molecule has 16 heavy (non-hydrogen) atoms. The van der Waals surface area contributed by atoms with Gasteiger partial charge in [-0.25, -0.2) is 0 Å². The van der Waals surface area contributed by atoms with Crippen LogP contribution < -0.4 is 5.32 Å². The van der Waals surface area contributed by atoms with Gasteiger partial charge in [-0.1, -0.05) is 12.1 Å². The van der Waals surface area contributed by atoms with E-state index in [2.05, 4.69) is 15.5 Å². The quantitative estimate of drug-likeness (QED) is 0.843. The highest BCUT2D eigenvalue weighted by Gasteiger charge is 2.34. The van der Waals surface area contributed by atoms with Crippen LogP contribution in [0.25, 0.3) is 0 Å². The van der Waals surface area contributed by atoms with Crippen LogP contribution in [0.5, 0.6) is 0 Å². The van der Waals surface area contributed by atoms with Gasteiger partial charge in [-0.15, -0.1) is 0 Å². The first-order valence-electron chi connectivity index (χ1n) is 5.92. The van der Waals surface area contributed by atoms with Crippen molar-refractivity contribution in [2.24, 2.45) is 0 Å². The van der Waals surface area contributed by atoms with E-state index >= 15 is 0 Å². The van der Waals surface area contributed by atoms with Crippen LogP contribution in [0.15, 0.2) is 4.52 Å². The van der Waals surface area contributed by atoms with E-state index in [0.717, 1.165) is 32.4 Å². The van der Waals surface area contributed by atoms with E-state index < -0.39 is 0 Å². The molecule has 1 atom stereocenters. The maximum Gasteiger partial charge on any atom is 0.240 e. The van der Waals surface area contributed by atoms with Gasteiger partial charge in [0, 0.05) is 6.61 Å². The van der Waals surface area contributed by atoms with Crippen LogP contribution in [-0.4, -0.2) is 23.3 Å². The zero-order valence-electron chi connectivity index (χ0n) is 9.95. The second-order valence-electron chi connectivity index (χ2n) is 4.33. The molecule has 5 nitrogen and oxygen atoms in total. The van der Waals surface area contributed by atoms with Gasteiger partial charge in [-0.3, -0.25) is 0 Å². The van der Waals surface area contributed by atoms with Gasteiger partial charge in [0.25, 0.3) is 0 Å². The minimum absolute atomic E-state index is 0.355. The summed E-state index contributed by atoms with van der Waals surface area (Å²) >= 11 is 0. The molecule has 1 aliphatic rings. The molecule has 2 heterocycles. The van der Waals surface area contributed by atoms with Crippen molar-refractivity contribution in [2.45, 2.75) is 45.3 Å². The molecule has 0 saturated carbocycles. The Hall–Kier alpha value is -0.940. The summed E-state index contributed by atoms with van der Waals surface area (Å²) < 4.78 is 10.9. The van der Waals surface area contributed by atoms with E-state index in [1.54, 1.807) is 0 Å². The Balaban J connectivity index is 2.05. The predicted molar refractivity (Wildman–Crippen MR) is 58.8 cm³/mol. The Labute approximate surface area is 95.6 Å². The van der Waals surface area contributed by atoms with Crippen molar-refractivity contribution in [1.29, 1.82) is 0 Å². The molecule has 0 bridgehead atoms. The molecule has 1 aromatic rings. The lowest BCUT2D eigenvalue weighted by Gasteiger charge is -2.30. The number of rotatable bonds is 4. The molecule has 0 amide bonds. The van der Waals surface area contributed by atoms with Crippen molar-refractivity contribution < 1.29 is 9.26 Å². The lowest BCUT2D eigenvalue weighted by atomic mass is 9.95. The number of nitrogens with zero attached hydrogens (tertiary/aromatic N) is 2. The Bertz CT molecular complexity index is 332. The number of nitrogens with one attached hydrogen (secondary N) is 1. The topological polar surface area (TPSA) is 60.2 Å². The first kappa shape index (κ1) is 11.5. The van der Waals surface area contributed by atoms with Crippen LogP contribution in [0.1, 0.15) is 44.8 Å². The Morgan fingerprint density at radius 2 is 2.31 bits per heavy atom. The van der Waals surface area contributed by atoms with Gasteiger partial charge in [-0.2, -0.15) is 4.98 Å². The highest BCUT2D eigenvalue weighted by atomic mass is 16.5. The van der Waals surface area contributed by atoms with Gasteiger partial charge >= 0.3 is 0 Å². The third-order valence-electron chi connectivity index (χ3n) is 2.94. The molecule has 2 rings (SSSR count). The fourth-order valence-corrected chi connectivity index (χ4v) is 1.88. The smallest absolute Gasteiger partial charge is 0.240 e. The second kappa shape index (κ2) is 4.93. The molecule has 1 aromatic heterocycles. The van der Waals surface area contributed by atoms with Crippen LogP contribution in [0.4, 0.5) is 0 Å². The van der Waals surface area contributed by atoms with Crippen molar-refractivity contribution >= 4 is 0 Å². The Morgan fingerprint density at radius 1 is 1.44 bits per heavy atom. The molecule has 90 valence electrons. The molecule has 1 N–H and O–H groups in total. The minimum Gasteiger partial charge on any atom is -0.367 e. The van der Waals surface area contributed by atoms with Gasteiger partial charge in [0.05, 0.1) is 6.54 Å². The molecule has 0 spiro atoms. The lowest BCUT2D eigenvalue weighted by molar-refractivity contribution is -0.0770. The van der Waals surface area contributed by atoms with Crippen LogP contribution in [0, 0.1) is 0 Å². The van der Waals surface area contributed by atoms with Gasteiger partial charge in [-0.05, 0) is 32.7 Å².